The molecule has 0 atom stereocenters. The van der Waals surface area contributed by atoms with Crippen molar-refractivity contribution in [3.05, 3.63) is 235 Å². The Hall–Kier alpha value is -12.4. The Morgan fingerprint density at radius 2 is 0.783 bits per heavy atom. The number of hydrogen-bond acceptors (Lipinski definition) is 22. The van der Waals surface area contributed by atoms with E-state index in [9.17, 15) is 19.2 Å². The predicted molar refractivity (Wildman–Crippen MR) is 474 cm³/mol. The van der Waals surface area contributed by atoms with Gasteiger partial charge >= 0.3 is 0 Å². The number of rotatable bonds is 20. The molecule has 0 bridgehead atoms. The Balaban J connectivity index is 0.000000131. The summed E-state index contributed by atoms with van der Waals surface area (Å²) in [6, 6.07) is 44.7. The fraction of sp³-hybridized carbons (Fsp3) is 0.362. The number of nitrogens with zero attached hydrogens (tertiary/aromatic N) is 12. The van der Waals surface area contributed by atoms with Crippen LogP contribution in [0.3, 0.4) is 0 Å². The third-order valence-electron chi connectivity index (χ3n) is 23.1. The van der Waals surface area contributed by atoms with Crippen LogP contribution in [-0.4, -0.2) is 194 Å². The van der Waals surface area contributed by atoms with Crippen molar-refractivity contribution in [1.29, 1.82) is 0 Å². The summed E-state index contributed by atoms with van der Waals surface area (Å²) in [5, 5.41) is 6.97. The largest absolute Gasteiger partial charge is 0.493 e. The van der Waals surface area contributed by atoms with E-state index in [1.165, 1.54) is 30.4 Å². The first kappa shape index (κ1) is 84.1. The molecular weight excluding hydrogens is 1520 g/mol. The second-order valence-electron chi connectivity index (χ2n) is 31.1. The number of anilines is 2. The molecule has 17 rings (SSSR count). The van der Waals surface area contributed by atoms with E-state index in [4.69, 9.17) is 57.8 Å². The molecule has 0 amide bonds. The van der Waals surface area contributed by atoms with Crippen molar-refractivity contribution in [2.75, 3.05) is 132 Å². The molecule has 12 heterocycles. The summed E-state index contributed by atoms with van der Waals surface area (Å²) in [5.41, 5.74) is 15.8. The lowest BCUT2D eigenvalue weighted by molar-refractivity contribution is 0.141. The quantitative estimate of drug-likeness (QED) is 0.0719. The van der Waals surface area contributed by atoms with Crippen molar-refractivity contribution in [3.63, 3.8) is 0 Å². The van der Waals surface area contributed by atoms with Gasteiger partial charge in [-0.3, -0.25) is 46.6 Å². The van der Waals surface area contributed by atoms with Crippen LogP contribution < -0.4 is 80.6 Å². The van der Waals surface area contributed by atoms with E-state index in [1.807, 2.05) is 122 Å². The van der Waals surface area contributed by atoms with Gasteiger partial charge in [-0.1, -0.05) is 32.4 Å². The van der Waals surface area contributed by atoms with Crippen molar-refractivity contribution in [3.8, 4) is 91.0 Å². The van der Waals surface area contributed by atoms with Gasteiger partial charge in [0.1, 0.15) is 22.6 Å². The van der Waals surface area contributed by atoms with Gasteiger partial charge in [0.15, 0.2) is 46.0 Å². The van der Waals surface area contributed by atoms with E-state index in [0.29, 0.717) is 109 Å². The summed E-state index contributed by atoms with van der Waals surface area (Å²) < 4.78 is 49.2. The highest BCUT2D eigenvalue weighted by Gasteiger charge is 2.28. The van der Waals surface area contributed by atoms with E-state index >= 15 is 0 Å². The van der Waals surface area contributed by atoms with E-state index in [0.717, 1.165) is 147 Å². The third-order valence-corrected chi connectivity index (χ3v) is 23.1. The van der Waals surface area contributed by atoms with Gasteiger partial charge in [0.2, 0.25) is 0 Å². The number of pyridine rings is 4. The van der Waals surface area contributed by atoms with Crippen molar-refractivity contribution < 1.29 is 37.9 Å². The summed E-state index contributed by atoms with van der Waals surface area (Å²) in [5.74, 6) is 4.98. The van der Waals surface area contributed by atoms with Crippen LogP contribution in [-0.2, 0) is 0 Å². The van der Waals surface area contributed by atoms with E-state index in [2.05, 4.69) is 95.2 Å². The SMILES string of the molecule is COc1ccc(-c2cc(=O)n3cc(C4=CCN(C(C)C)CC4)ccc3n2)cc1OC.COc1ccc(-c2cc(=O)n3cc(C4=CCN(C5CCC5)CC4)ccc3n2)cc1OC.COc1ccc(-c2cc(=O)n3cc(N4CCC(NC(C)C)CC4)ccc3n2)cc1OC.COc1ccc(-c2cc(=O)n3cc(N4CCNCC4)c(C)cc3n2)cc1OC. The van der Waals surface area contributed by atoms with Crippen LogP contribution in [0.15, 0.2) is 196 Å². The highest BCUT2D eigenvalue weighted by molar-refractivity contribution is 5.73. The van der Waals surface area contributed by atoms with Crippen LogP contribution in [0.5, 0.6) is 46.0 Å². The molecule has 1 saturated carbocycles. The first-order valence-electron chi connectivity index (χ1n) is 41.1. The number of nitrogens with one attached hydrogen (secondary N) is 2. The van der Waals surface area contributed by atoms with Crippen LogP contribution >= 0.6 is 0 Å². The highest BCUT2D eigenvalue weighted by atomic mass is 16.5. The van der Waals surface area contributed by atoms with Gasteiger partial charge in [-0.15, -0.1) is 0 Å². The normalized spacial score (nSPS) is 15.4. The van der Waals surface area contributed by atoms with Gasteiger partial charge in [-0.05, 0) is 202 Å². The average Bonchev–Trinajstić information content (AvgIpc) is 0.804. The van der Waals surface area contributed by atoms with Gasteiger partial charge < -0.3 is 58.3 Å². The Morgan fingerprint density at radius 3 is 1.16 bits per heavy atom. The Labute approximate surface area is 698 Å². The maximum atomic E-state index is 12.9. The monoisotopic (exact) mass is 1620 g/mol. The maximum Gasteiger partial charge on any atom is 0.258 e. The molecule has 26 nitrogen and oxygen atoms in total. The third kappa shape index (κ3) is 19.0. The lowest BCUT2D eigenvalue weighted by Gasteiger charge is -2.39. The topological polar surface area (TPSA) is 248 Å². The van der Waals surface area contributed by atoms with Gasteiger partial charge in [0.25, 0.3) is 22.2 Å². The average molecular weight is 1630 g/mol. The zero-order chi connectivity index (χ0) is 84.3. The van der Waals surface area contributed by atoms with Crippen LogP contribution in [0.4, 0.5) is 11.4 Å². The highest BCUT2D eigenvalue weighted by Crippen LogP contribution is 2.38. The van der Waals surface area contributed by atoms with Crippen LogP contribution in [0.1, 0.15) is 89.3 Å². The fourth-order valence-electron chi connectivity index (χ4n) is 16.1. The van der Waals surface area contributed by atoms with E-state index in [-0.39, 0.29) is 22.2 Å². The minimum absolute atomic E-state index is 0.0934. The van der Waals surface area contributed by atoms with Crippen molar-refractivity contribution in [2.45, 2.75) is 104 Å². The minimum atomic E-state index is -0.105. The zero-order valence-corrected chi connectivity index (χ0v) is 70.8. The van der Waals surface area contributed by atoms with Gasteiger partial charge in [-0.2, -0.15) is 0 Å². The van der Waals surface area contributed by atoms with E-state index < -0.39 is 0 Å². The molecule has 2 N–H and O–H groups in total. The molecule has 0 unspecified atom stereocenters. The molecule has 4 aliphatic heterocycles. The minimum Gasteiger partial charge on any atom is -0.493 e. The van der Waals surface area contributed by atoms with Crippen LogP contribution in [0, 0.1) is 6.92 Å². The predicted octanol–water partition coefficient (Wildman–Crippen LogP) is 13.3. The number of ether oxygens (including phenoxy) is 8. The summed E-state index contributed by atoms with van der Waals surface area (Å²) in [7, 11) is 12.7. The standard InChI is InChI=1S/C25H27N3O3.C24H30N4O3.C24H27N3O3.C21H24N4O3/c1-30-22-8-6-18(14-23(22)31-2)21-15-25(29)28-16-19(7-9-24(28)26-21)17-10-12-27(13-11-17)20-4-3-5-20;1-16(2)25-18-9-11-27(12-10-18)19-6-8-23-26-20(14-24(29)28(23)15-19)17-5-7-21(30-3)22(13-17)31-4;1-16(2)26-11-9-17(10-12-26)19-6-8-23-25-20(14-24(28)27(23)15-19)18-5-7-21(29-3)22(13-18)30-4;1-14-10-20-23-16(15-4-5-18(27-2)19(11-15)28-3)12-21(26)25(20)13-17(14)24-8-6-22-7-9-24/h6-10,14-16,20H,3-5,11-13H2,1-2H3;5-8,13-16,18,25H,9-12H2,1-4H3;5-9,13-16H,10-12H2,1-4H3;4-5,10-13,22H,6-9H2,1-3H3. The molecule has 0 radical (unpaired) electrons. The summed E-state index contributed by atoms with van der Waals surface area (Å²) >= 11 is 0. The zero-order valence-electron chi connectivity index (χ0n) is 70.8. The molecule has 3 fully saturated rings. The molecule has 8 aromatic heterocycles. The Bertz CT molecular complexity index is 6020. The molecule has 4 aromatic carbocycles. The molecule has 2 saturated heterocycles. The molecule has 120 heavy (non-hydrogen) atoms. The molecule has 1 aliphatic carbocycles. The second-order valence-corrected chi connectivity index (χ2v) is 31.1. The van der Waals surface area contributed by atoms with Gasteiger partial charge in [0.05, 0.1) is 91.0 Å². The number of piperidine rings is 1. The fourth-order valence-corrected chi connectivity index (χ4v) is 16.1. The molecule has 626 valence electrons. The van der Waals surface area contributed by atoms with E-state index in [1.54, 1.807) is 98.7 Å². The lowest BCUT2D eigenvalue weighted by atomic mass is 9.89. The molecular formula is C94H108N14O12. The number of fused-ring (bicyclic) bond motifs is 4. The molecule has 26 heteroatoms. The number of aromatic nitrogens is 8. The Kier molecular flexibility index (Phi) is 26.7. The van der Waals surface area contributed by atoms with Crippen molar-refractivity contribution >= 4 is 45.1 Å². The van der Waals surface area contributed by atoms with Gasteiger partial charge in [0, 0.05) is 161 Å². The first-order chi connectivity index (χ1) is 58.2. The van der Waals surface area contributed by atoms with Crippen molar-refractivity contribution in [2.24, 2.45) is 0 Å². The summed E-state index contributed by atoms with van der Waals surface area (Å²) in [6.07, 6.45) is 20.5. The number of hydrogen-bond donors (Lipinski definition) is 2. The second kappa shape index (κ2) is 38.1. The number of aryl methyl sites for hydroxylation is 1. The molecule has 12 aromatic rings. The van der Waals surface area contributed by atoms with Gasteiger partial charge in [-0.25, -0.2) is 19.9 Å². The Morgan fingerprint density at radius 1 is 0.392 bits per heavy atom. The number of piperazine rings is 1. The molecule has 5 aliphatic rings. The smallest absolute Gasteiger partial charge is 0.258 e. The summed E-state index contributed by atoms with van der Waals surface area (Å²) in [4.78, 5) is 80.0. The maximum absolute atomic E-state index is 12.9. The van der Waals surface area contributed by atoms with Crippen molar-refractivity contribution in [1.82, 2.24) is 58.0 Å². The lowest BCUT2D eigenvalue weighted by Crippen LogP contribution is -2.44. The number of methoxy groups -OCH3 is 8. The van der Waals surface area contributed by atoms with Crippen LogP contribution in [0.25, 0.3) is 78.8 Å². The van der Waals surface area contributed by atoms with Crippen LogP contribution in [0.2, 0.25) is 0 Å². The number of benzene rings is 4. The first-order valence-corrected chi connectivity index (χ1v) is 41.1. The summed E-state index contributed by atoms with van der Waals surface area (Å²) in [6.45, 7) is 20.6. The molecule has 0 spiro atoms.